The van der Waals surface area contributed by atoms with E-state index < -0.39 is 5.92 Å². The first-order chi connectivity index (χ1) is 21.4. The largest absolute Gasteiger partial charge is 0.508 e. The third-order valence-corrected chi connectivity index (χ3v) is 7.00. The predicted octanol–water partition coefficient (Wildman–Crippen LogP) is 2.84. The minimum absolute atomic E-state index is 0.0134. The Labute approximate surface area is 253 Å². The topological polar surface area (TPSA) is 176 Å². The summed E-state index contributed by atoms with van der Waals surface area (Å²) in [6, 6.07) is 18.2. The summed E-state index contributed by atoms with van der Waals surface area (Å²) in [5.41, 5.74) is 4.21. The van der Waals surface area contributed by atoms with Gasteiger partial charge in [-0.1, -0.05) is 19.1 Å². The van der Waals surface area contributed by atoms with Crippen LogP contribution in [-0.4, -0.2) is 88.1 Å². The summed E-state index contributed by atoms with van der Waals surface area (Å²) < 4.78 is 0. The summed E-state index contributed by atoms with van der Waals surface area (Å²) in [5.74, 6) is 0.530. The molecule has 5 aromatic rings. The van der Waals surface area contributed by atoms with Crippen LogP contribution in [0.5, 0.6) is 11.5 Å². The van der Waals surface area contributed by atoms with E-state index in [4.69, 9.17) is 0 Å². The average molecular weight is 596 g/mol. The molecule has 0 amide bonds. The third kappa shape index (κ3) is 6.76. The molecule has 0 spiro atoms. The van der Waals surface area contributed by atoms with Gasteiger partial charge in [0.05, 0.1) is 19.0 Å². The molecule has 0 saturated carbocycles. The van der Waals surface area contributed by atoms with Crippen LogP contribution in [0.2, 0.25) is 0 Å². The molecule has 0 atom stereocenters. The highest BCUT2D eigenvalue weighted by Gasteiger charge is 2.24. The number of phenols is 2. The molecule has 0 unspecified atom stereocenters. The van der Waals surface area contributed by atoms with Gasteiger partial charge < -0.3 is 20.2 Å². The first kappa shape index (κ1) is 30.0. The number of phenolic OH excluding ortho intramolecular Hbond substituents is 2. The Morgan fingerprint density at radius 2 is 1.36 bits per heavy atom. The van der Waals surface area contributed by atoms with Gasteiger partial charge >= 0.3 is 0 Å². The van der Waals surface area contributed by atoms with Crippen LogP contribution in [0.3, 0.4) is 0 Å². The quantitative estimate of drug-likeness (QED) is 0.144. The van der Waals surface area contributed by atoms with Crippen LogP contribution in [0, 0.1) is 13.8 Å². The number of aromatic nitrogens is 8. The molecule has 14 nitrogen and oxygen atoms in total. The number of nitrogens with zero attached hydrogens (tertiary/aromatic N) is 11. The van der Waals surface area contributed by atoms with Crippen molar-refractivity contribution in [2.75, 3.05) is 24.6 Å². The smallest absolute Gasteiger partial charge is 0.173 e. The van der Waals surface area contributed by atoms with E-state index in [0.29, 0.717) is 40.4 Å². The summed E-state index contributed by atoms with van der Waals surface area (Å²) >= 11 is 0. The van der Waals surface area contributed by atoms with Crippen molar-refractivity contribution in [1.29, 1.82) is 0 Å². The van der Waals surface area contributed by atoms with Crippen molar-refractivity contribution in [2.45, 2.75) is 33.1 Å². The standard InChI is InChI=1S/C30H33N11O3/c1-4-12-39(13-14-42)25-7-5-6-24(17-25)30(26-15-22(8-10-28(26)43)18-31-40-20(2)33-35-37-40)27-16-23(9-11-29(27)44)19-32-41-21(3)34-36-38-41/h5-11,15-19,30,42-44H,4,12-14H2,1-3H3. The van der Waals surface area contributed by atoms with Crippen LogP contribution < -0.4 is 4.90 Å². The summed E-state index contributed by atoms with van der Waals surface area (Å²) in [4.78, 5) is 4.71. The number of benzene rings is 3. The highest BCUT2D eigenvalue weighted by molar-refractivity contribution is 5.82. The third-order valence-electron chi connectivity index (χ3n) is 7.00. The highest BCUT2D eigenvalue weighted by atomic mass is 16.3. The zero-order chi connectivity index (χ0) is 31.1. The van der Waals surface area contributed by atoms with E-state index in [1.54, 1.807) is 50.5 Å². The molecule has 0 aliphatic carbocycles. The van der Waals surface area contributed by atoms with Crippen LogP contribution in [0.15, 0.2) is 70.9 Å². The number of aromatic hydroxyl groups is 2. The number of tetrazole rings is 2. The lowest BCUT2D eigenvalue weighted by Gasteiger charge is -2.26. The summed E-state index contributed by atoms with van der Waals surface area (Å²) in [6.45, 7) is 6.81. The fourth-order valence-corrected chi connectivity index (χ4v) is 4.87. The Hall–Kier alpha value is -5.50. The second-order valence-corrected chi connectivity index (χ2v) is 10.1. The monoisotopic (exact) mass is 595 g/mol. The summed E-state index contributed by atoms with van der Waals surface area (Å²) in [6.07, 6.45) is 4.10. The van der Waals surface area contributed by atoms with Crippen molar-refractivity contribution < 1.29 is 15.3 Å². The Morgan fingerprint density at radius 1 is 0.795 bits per heavy atom. The maximum atomic E-state index is 11.2. The Morgan fingerprint density at radius 3 is 1.84 bits per heavy atom. The fraction of sp³-hybridized carbons (Fsp3) is 0.267. The second-order valence-electron chi connectivity index (χ2n) is 10.1. The first-order valence-corrected chi connectivity index (χ1v) is 14.1. The molecule has 2 heterocycles. The van der Waals surface area contributed by atoms with Crippen molar-refractivity contribution in [3.63, 3.8) is 0 Å². The average Bonchev–Trinajstić information content (AvgIpc) is 3.64. The maximum absolute atomic E-state index is 11.2. The molecule has 0 saturated heterocycles. The molecular formula is C30H33N11O3. The second kappa shape index (κ2) is 13.6. The molecule has 2 aromatic heterocycles. The predicted molar refractivity (Wildman–Crippen MR) is 164 cm³/mol. The lowest BCUT2D eigenvalue weighted by Crippen LogP contribution is -2.27. The van der Waals surface area contributed by atoms with Crippen molar-refractivity contribution >= 4 is 18.1 Å². The number of aliphatic hydroxyl groups excluding tert-OH is 1. The maximum Gasteiger partial charge on any atom is 0.173 e. The van der Waals surface area contributed by atoms with E-state index in [9.17, 15) is 15.3 Å². The van der Waals surface area contributed by atoms with Crippen molar-refractivity contribution in [3.05, 3.63) is 100 Å². The number of rotatable bonds is 12. The molecule has 0 radical (unpaired) electrons. The Bertz CT molecular complexity index is 1670. The lowest BCUT2D eigenvalue weighted by atomic mass is 9.82. The van der Waals surface area contributed by atoms with Gasteiger partial charge in [-0.25, -0.2) is 0 Å². The molecule has 0 aliphatic rings. The van der Waals surface area contributed by atoms with Crippen molar-refractivity contribution in [1.82, 2.24) is 40.6 Å². The molecular weight excluding hydrogens is 562 g/mol. The molecule has 5 rings (SSSR count). The van der Waals surface area contributed by atoms with E-state index in [1.807, 2.05) is 36.4 Å². The van der Waals surface area contributed by atoms with Gasteiger partial charge in [-0.2, -0.15) is 10.2 Å². The fourth-order valence-electron chi connectivity index (χ4n) is 4.87. The summed E-state index contributed by atoms with van der Waals surface area (Å²) in [7, 11) is 0. The Kier molecular flexibility index (Phi) is 9.30. The molecule has 3 aromatic carbocycles. The Balaban J connectivity index is 1.64. The van der Waals surface area contributed by atoms with Crippen LogP contribution >= 0.6 is 0 Å². The van der Waals surface area contributed by atoms with E-state index in [1.165, 1.54) is 9.58 Å². The van der Waals surface area contributed by atoms with Crippen LogP contribution in [0.25, 0.3) is 0 Å². The van der Waals surface area contributed by atoms with Gasteiger partial charge in [-0.3, -0.25) is 0 Å². The normalized spacial score (nSPS) is 12.4. The number of aliphatic hydroxyl groups is 1. The lowest BCUT2D eigenvalue weighted by molar-refractivity contribution is 0.302. The van der Waals surface area contributed by atoms with Crippen LogP contribution in [-0.2, 0) is 0 Å². The first-order valence-electron chi connectivity index (χ1n) is 14.1. The van der Waals surface area contributed by atoms with E-state index in [2.05, 4.69) is 53.1 Å². The molecule has 0 fully saturated rings. The molecule has 0 aliphatic heterocycles. The van der Waals surface area contributed by atoms with Gasteiger partial charge in [0.1, 0.15) is 11.5 Å². The van der Waals surface area contributed by atoms with E-state index in [0.717, 1.165) is 24.2 Å². The van der Waals surface area contributed by atoms with Gasteiger partial charge in [0.25, 0.3) is 0 Å². The van der Waals surface area contributed by atoms with Crippen molar-refractivity contribution in [2.24, 2.45) is 10.2 Å². The van der Waals surface area contributed by atoms with E-state index in [-0.39, 0.29) is 18.1 Å². The minimum atomic E-state index is -0.598. The van der Waals surface area contributed by atoms with Crippen molar-refractivity contribution in [3.8, 4) is 11.5 Å². The van der Waals surface area contributed by atoms with E-state index >= 15 is 0 Å². The summed E-state index contributed by atoms with van der Waals surface area (Å²) in [5, 5.41) is 63.5. The zero-order valence-electron chi connectivity index (χ0n) is 24.6. The number of hydrogen-bond acceptors (Lipinski definition) is 12. The van der Waals surface area contributed by atoms with Gasteiger partial charge in [-0.15, -0.1) is 19.8 Å². The molecule has 44 heavy (non-hydrogen) atoms. The molecule has 3 N–H and O–H groups in total. The van der Waals surface area contributed by atoms with Gasteiger partial charge in [0.15, 0.2) is 11.6 Å². The number of hydrogen-bond donors (Lipinski definition) is 3. The van der Waals surface area contributed by atoms with Crippen LogP contribution in [0.4, 0.5) is 5.69 Å². The van der Waals surface area contributed by atoms with Gasteiger partial charge in [-0.05, 0) is 106 Å². The minimum Gasteiger partial charge on any atom is -0.508 e. The van der Waals surface area contributed by atoms with Gasteiger partial charge in [0, 0.05) is 35.8 Å². The van der Waals surface area contributed by atoms with Gasteiger partial charge in [0.2, 0.25) is 0 Å². The highest BCUT2D eigenvalue weighted by Crippen LogP contribution is 2.42. The molecule has 226 valence electrons. The molecule has 14 heteroatoms. The number of anilines is 1. The number of aryl methyl sites for hydroxylation is 2. The van der Waals surface area contributed by atoms with Crippen LogP contribution in [0.1, 0.15) is 58.7 Å². The zero-order valence-corrected chi connectivity index (χ0v) is 24.6. The molecule has 0 bridgehead atoms. The SMILES string of the molecule is CCCN(CCO)c1cccc(C(c2cc(C=Nn3nnnc3C)ccc2O)c2cc(C=Nn3nnnc3C)ccc2O)c1.